The van der Waals surface area contributed by atoms with Crippen LogP contribution in [0.4, 0.5) is 0 Å². The number of esters is 1. The third kappa shape index (κ3) is 2.56. The lowest BCUT2D eigenvalue weighted by Gasteiger charge is -2.10. The predicted molar refractivity (Wildman–Crippen MR) is 68.3 cm³/mol. The molecular formula is C14H17NO4. The highest BCUT2D eigenvalue weighted by Crippen LogP contribution is 2.19. The lowest BCUT2D eigenvalue weighted by atomic mass is 10.1. The van der Waals surface area contributed by atoms with Gasteiger partial charge in [0.05, 0.1) is 6.10 Å². The molecule has 0 amide bonds. The molecule has 1 aromatic heterocycles. The molecule has 5 heteroatoms. The second kappa shape index (κ2) is 5.17. The summed E-state index contributed by atoms with van der Waals surface area (Å²) in [6, 6.07) is 1.68. The summed E-state index contributed by atoms with van der Waals surface area (Å²) < 4.78 is 10.5. The monoisotopic (exact) mass is 263 g/mol. The number of H-pyrrole nitrogens is 1. The van der Waals surface area contributed by atoms with E-state index in [4.69, 9.17) is 9.47 Å². The lowest BCUT2D eigenvalue weighted by Crippen LogP contribution is -2.24. The minimum atomic E-state index is -0.550. The molecule has 0 bridgehead atoms. The molecule has 2 heterocycles. The number of aryl methyl sites for hydroxylation is 2. The van der Waals surface area contributed by atoms with Gasteiger partial charge in [0.1, 0.15) is 12.2 Å². The summed E-state index contributed by atoms with van der Waals surface area (Å²) in [5, 5.41) is 0. The van der Waals surface area contributed by atoms with Crippen molar-refractivity contribution < 1.29 is 14.3 Å². The van der Waals surface area contributed by atoms with Gasteiger partial charge in [0.25, 0.3) is 5.56 Å². The summed E-state index contributed by atoms with van der Waals surface area (Å²) in [6.45, 7) is 0.955. The molecule has 19 heavy (non-hydrogen) atoms. The van der Waals surface area contributed by atoms with Gasteiger partial charge in [-0.1, -0.05) is 0 Å². The zero-order chi connectivity index (χ0) is 13.2. The van der Waals surface area contributed by atoms with Crippen molar-refractivity contribution in [3.05, 3.63) is 33.2 Å². The van der Waals surface area contributed by atoms with Crippen LogP contribution in [0.25, 0.3) is 0 Å². The number of carbonyl (C=O) groups excluding carboxylic acids is 1. The van der Waals surface area contributed by atoms with Gasteiger partial charge in [0, 0.05) is 12.3 Å². The highest BCUT2D eigenvalue weighted by molar-refractivity contribution is 5.89. The van der Waals surface area contributed by atoms with Crippen LogP contribution in [0.1, 0.15) is 40.9 Å². The first kappa shape index (κ1) is 12.4. The molecule has 0 unspecified atom stereocenters. The predicted octanol–water partition coefficient (Wildman–Crippen LogP) is 1.20. The van der Waals surface area contributed by atoms with Gasteiger partial charge in [-0.15, -0.1) is 0 Å². The second-order valence-corrected chi connectivity index (χ2v) is 5.10. The standard InChI is InChI=1S/C14H17NO4/c16-13-11(7-9-3-1-5-12(9)15-13)14(17)19-8-10-4-2-6-18-10/h7,10H,1-6,8H2,(H,15,16)/t10-/m1/s1. The van der Waals surface area contributed by atoms with Crippen molar-refractivity contribution in [2.45, 2.75) is 38.2 Å². The number of ether oxygens (including phenoxy) is 2. The van der Waals surface area contributed by atoms with Crippen LogP contribution in [-0.4, -0.2) is 30.3 Å². The van der Waals surface area contributed by atoms with Crippen molar-refractivity contribution in [3.63, 3.8) is 0 Å². The summed E-state index contributed by atoms with van der Waals surface area (Å²) in [7, 11) is 0. The number of hydrogen-bond donors (Lipinski definition) is 1. The molecule has 1 aliphatic heterocycles. The van der Waals surface area contributed by atoms with Gasteiger partial charge in [-0.25, -0.2) is 4.79 Å². The molecule has 0 spiro atoms. The summed E-state index contributed by atoms with van der Waals surface area (Å²) in [4.78, 5) is 26.5. The number of aromatic nitrogens is 1. The highest BCUT2D eigenvalue weighted by Gasteiger charge is 2.21. The van der Waals surface area contributed by atoms with Crippen molar-refractivity contribution in [2.75, 3.05) is 13.2 Å². The van der Waals surface area contributed by atoms with Gasteiger partial charge in [-0.2, -0.15) is 0 Å². The van der Waals surface area contributed by atoms with E-state index in [2.05, 4.69) is 4.98 Å². The van der Waals surface area contributed by atoms with E-state index in [-0.39, 0.29) is 23.8 Å². The van der Waals surface area contributed by atoms with Crippen LogP contribution >= 0.6 is 0 Å². The van der Waals surface area contributed by atoms with Gasteiger partial charge in [0.15, 0.2) is 0 Å². The van der Waals surface area contributed by atoms with Crippen molar-refractivity contribution in [2.24, 2.45) is 0 Å². The summed E-state index contributed by atoms with van der Waals surface area (Å²) in [5.41, 5.74) is 1.78. The quantitative estimate of drug-likeness (QED) is 0.832. The number of carbonyl (C=O) groups is 1. The van der Waals surface area contributed by atoms with E-state index in [0.29, 0.717) is 0 Å². The molecule has 1 N–H and O–H groups in total. The summed E-state index contributed by atoms with van der Waals surface area (Å²) in [6.07, 6.45) is 4.72. The van der Waals surface area contributed by atoms with Crippen LogP contribution in [-0.2, 0) is 22.3 Å². The van der Waals surface area contributed by atoms with E-state index in [1.165, 1.54) is 0 Å². The SMILES string of the molecule is O=C(OC[C@H]1CCCO1)c1cc2c([nH]c1=O)CCC2. The molecule has 0 radical (unpaired) electrons. The number of rotatable bonds is 3. The van der Waals surface area contributed by atoms with Crippen LogP contribution in [0.5, 0.6) is 0 Å². The molecule has 102 valence electrons. The Hall–Kier alpha value is -1.62. The van der Waals surface area contributed by atoms with E-state index in [0.717, 1.165) is 50.0 Å². The Balaban J connectivity index is 1.70. The zero-order valence-electron chi connectivity index (χ0n) is 10.7. The smallest absolute Gasteiger partial charge is 0.343 e. The number of aromatic amines is 1. The van der Waals surface area contributed by atoms with Crippen molar-refractivity contribution in [1.82, 2.24) is 4.98 Å². The number of nitrogens with one attached hydrogen (secondary N) is 1. The fourth-order valence-electron chi connectivity index (χ4n) is 2.69. The highest BCUT2D eigenvalue weighted by atomic mass is 16.6. The van der Waals surface area contributed by atoms with Crippen molar-refractivity contribution >= 4 is 5.97 Å². The van der Waals surface area contributed by atoms with Gasteiger partial charge in [0.2, 0.25) is 0 Å². The number of hydrogen-bond acceptors (Lipinski definition) is 4. The Bertz CT molecular complexity index is 543. The molecule has 1 fully saturated rings. The minimum Gasteiger partial charge on any atom is -0.459 e. The van der Waals surface area contributed by atoms with Gasteiger partial charge in [-0.3, -0.25) is 4.79 Å². The molecule has 5 nitrogen and oxygen atoms in total. The first-order valence-corrected chi connectivity index (χ1v) is 6.78. The third-order valence-corrected chi connectivity index (χ3v) is 3.73. The average molecular weight is 263 g/mol. The molecule has 2 aliphatic rings. The van der Waals surface area contributed by atoms with Crippen molar-refractivity contribution in [3.8, 4) is 0 Å². The first-order chi connectivity index (χ1) is 9.24. The summed E-state index contributed by atoms with van der Waals surface area (Å²) in [5.74, 6) is -0.550. The molecule has 1 atom stereocenters. The van der Waals surface area contributed by atoms with Gasteiger partial charge < -0.3 is 14.5 Å². The van der Waals surface area contributed by atoms with E-state index >= 15 is 0 Å². The summed E-state index contributed by atoms with van der Waals surface area (Å²) >= 11 is 0. The van der Waals surface area contributed by atoms with E-state index < -0.39 is 5.97 Å². The van der Waals surface area contributed by atoms with Gasteiger partial charge >= 0.3 is 5.97 Å². The maximum atomic E-state index is 11.9. The van der Waals surface area contributed by atoms with Crippen LogP contribution in [0.2, 0.25) is 0 Å². The van der Waals surface area contributed by atoms with E-state index in [1.54, 1.807) is 6.07 Å². The maximum Gasteiger partial charge on any atom is 0.343 e. The molecule has 3 rings (SSSR count). The molecule has 1 saturated heterocycles. The second-order valence-electron chi connectivity index (χ2n) is 5.10. The van der Waals surface area contributed by atoms with Crippen LogP contribution in [0.3, 0.4) is 0 Å². The number of pyridine rings is 1. The Morgan fingerprint density at radius 1 is 1.42 bits per heavy atom. The lowest BCUT2D eigenvalue weighted by molar-refractivity contribution is 0.0159. The van der Waals surface area contributed by atoms with Crippen LogP contribution in [0.15, 0.2) is 10.9 Å². The van der Waals surface area contributed by atoms with E-state index in [9.17, 15) is 9.59 Å². The minimum absolute atomic E-state index is 0.0162. The largest absolute Gasteiger partial charge is 0.459 e. The Labute approximate surface area is 110 Å². The first-order valence-electron chi connectivity index (χ1n) is 6.78. The normalized spacial score (nSPS) is 21.4. The van der Waals surface area contributed by atoms with Crippen LogP contribution in [0, 0.1) is 0 Å². The Morgan fingerprint density at radius 3 is 3.11 bits per heavy atom. The molecule has 0 aromatic carbocycles. The molecule has 1 aromatic rings. The Morgan fingerprint density at radius 2 is 2.32 bits per heavy atom. The molecule has 0 saturated carbocycles. The fraction of sp³-hybridized carbons (Fsp3) is 0.571. The average Bonchev–Trinajstić information content (AvgIpc) is 3.05. The third-order valence-electron chi connectivity index (χ3n) is 3.73. The number of fused-ring (bicyclic) bond motifs is 1. The molecular weight excluding hydrogens is 246 g/mol. The fourth-order valence-corrected chi connectivity index (χ4v) is 2.69. The molecule has 1 aliphatic carbocycles. The van der Waals surface area contributed by atoms with Crippen LogP contribution < -0.4 is 5.56 Å². The van der Waals surface area contributed by atoms with Crippen molar-refractivity contribution in [1.29, 1.82) is 0 Å². The maximum absolute atomic E-state index is 11.9. The van der Waals surface area contributed by atoms with E-state index in [1.807, 2.05) is 0 Å². The topological polar surface area (TPSA) is 68.4 Å². The van der Waals surface area contributed by atoms with Gasteiger partial charge in [-0.05, 0) is 43.7 Å². The zero-order valence-corrected chi connectivity index (χ0v) is 10.7. The Kier molecular flexibility index (Phi) is 3.38.